The van der Waals surface area contributed by atoms with Gasteiger partial charge >= 0.3 is 5.97 Å². The van der Waals surface area contributed by atoms with Gasteiger partial charge in [0.15, 0.2) is 0 Å². The Labute approximate surface area is 125 Å². The van der Waals surface area contributed by atoms with Crippen LogP contribution >= 0.6 is 11.3 Å². The molecule has 112 valence electrons. The first kappa shape index (κ1) is 15.5. The number of hydrogen-bond acceptors (Lipinski definition) is 3. The highest BCUT2D eigenvalue weighted by Crippen LogP contribution is 2.30. The van der Waals surface area contributed by atoms with Crippen LogP contribution in [0.15, 0.2) is 17.5 Å². The molecule has 0 saturated heterocycles. The smallest absolute Gasteiger partial charge is 0.308 e. The Kier molecular flexibility index (Phi) is 5.61. The fourth-order valence-corrected chi connectivity index (χ4v) is 3.95. The highest BCUT2D eigenvalue weighted by atomic mass is 32.1. The van der Waals surface area contributed by atoms with Crippen molar-refractivity contribution in [2.24, 2.45) is 5.92 Å². The average molecular weight is 295 g/mol. The molecular weight excluding hydrogens is 270 g/mol. The van der Waals surface area contributed by atoms with Crippen molar-refractivity contribution in [2.45, 2.75) is 64.6 Å². The third-order valence-electron chi connectivity index (χ3n) is 4.30. The largest absolute Gasteiger partial charge is 0.481 e. The minimum atomic E-state index is -0.617. The summed E-state index contributed by atoms with van der Waals surface area (Å²) in [6.07, 6.45) is 5.22. The molecule has 0 amide bonds. The molecular formula is C16H25NO2S. The van der Waals surface area contributed by atoms with Crippen LogP contribution in [0.2, 0.25) is 0 Å². The van der Waals surface area contributed by atoms with E-state index in [-0.39, 0.29) is 12.0 Å². The molecule has 2 unspecified atom stereocenters. The molecule has 4 heteroatoms. The van der Waals surface area contributed by atoms with Crippen LogP contribution in [0, 0.1) is 5.92 Å². The minimum absolute atomic E-state index is 0.178. The van der Waals surface area contributed by atoms with E-state index in [1.54, 1.807) is 11.3 Å². The zero-order chi connectivity index (χ0) is 14.5. The Morgan fingerprint density at radius 1 is 1.40 bits per heavy atom. The quantitative estimate of drug-likeness (QED) is 0.835. The Morgan fingerprint density at radius 2 is 2.15 bits per heavy atom. The summed E-state index contributed by atoms with van der Waals surface area (Å²) in [7, 11) is 0. The average Bonchev–Trinajstić information content (AvgIpc) is 2.78. The number of nitrogens with zero attached hydrogens (tertiary/aromatic N) is 1. The lowest BCUT2D eigenvalue weighted by atomic mass is 9.92. The van der Waals surface area contributed by atoms with Gasteiger partial charge in [-0.25, -0.2) is 0 Å². The number of aliphatic carboxylic acids is 1. The van der Waals surface area contributed by atoms with Crippen molar-refractivity contribution in [2.75, 3.05) is 0 Å². The van der Waals surface area contributed by atoms with E-state index in [1.807, 2.05) is 0 Å². The van der Waals surface area contributed by atoms with Gasteiger partial charge in [0.05, 0.1) is 5.92 Å². The molecule has 1 aliphatic rings. The predicted molar refractivity (Wildman–Crippen MR) is 83.0 cm³/mol. The van der Waals surface area contributed by atoms with Crippen molar-refractivity contribution >= 4 is 17.3 Å². The van der Waals surface area contributed by atoms with Crippen molar-refractivity contribution in [3.8, 4) is 0 Å². The van der Waals surface area contributed by atoms with Gasteiger partial charge in [-0.3, -0.25) is 9.69 Å². The molecule has 1 fully saturated rings. The van der Waals surface area contributed by atoms with E-state index in [1.165, 1.54) is 11.3 Å². The molecule has 0 aromatic carbocycles. The van der Waals surface area contributed by atoms with Gasteiger partial charge in [-0.05, 0) is 38.1 Å². The zero-order valence-corrected chi connectivity index (χ0v) is 13.2. The molecule has 2 rings (SSSR count). The van der Waals surface area contributed by atoms with E-state index in [0.717, 1.165) is 32.2 Å². The Bertz CT molecular complexity index is 416. The molecule has 1 heterocycles. The second kappa shape index (κ2) is 7.23. The first-order valence-electron chi connectivity index (χ1n) is 7.60. The van der Waals surface area contributed by atoms with E-state index in [4.69, 9.17) is 0 Å². The van der Waals surface area contributed by atoms with Crippen LogP contribution in [0.25, 0.3) is 0 Å². The van der Waals surface area contributed by atoms with Crippen LogP contribution in [-0.4, -0.2) is 28.1 Å². The molecule has 0 bridgehead atoms. The zero-order valence-electron chi connectivity index (χ0n) is 12.4. The lowest BCUT2D eigenvalue weighted by Gasteiger charge is -2.37. The third-order valence-corrected chi connectivity index (χ3v) is 5.17. The second-order valence-electron chi connectivity index (χ2n) is 6.00. The van der Waals surface area contributed by atoms with E-state index >= 15 is 0 Å². The number of rotatable bonds is 5. The number of carboxylic acids is 1. The molecule has 20 heavy (non-hydrogen) atoms. The SMILES string of the molecule is CC(C)N(Cc1cccs1)C1CCCCCC1C(=O)O. The maximum absolute atomic E-state index is 11.6. The molecule has 1 aliphatic carbocycles. The monoisotopic (exact) mass is 295 g/mol. The second-order valence-corrected chi connectivity index (χ2v) is 7.03. The number of hydrogen-bond donors (Lipinski definition) is 1. The minimum Gasteiger partial charge on any atom is -0.481 e. The molecule has 1 aromatic heterocycles. The predicted octanol–water partition coefficient (Wildman–Crippen LogP) is 3.99. The molecule has 3 nitrogen and oxygen atoms in total. The molecule has 1 saturated carbocycles. The standard InChI is InChI=1S/C16H25NO2S/c1-12(2)17(11-13-7-6-10-20-13)15-9-5-3-4-8-14(15)16(18)19/h6-7,10,12,14-15H,3-5,8-9,11H2,1-2H3,(H,18,19). The Morgan fingerprint density at radius 3 is 2.75 bits per heavy atom. The summed E-state index contributed by atoms with van der Waals surface area (Å²) >= 11 is 1.76. The topological polar surface area (TPSA) is 40.5 Å². The molecule has 0 aliphatic heterocycles. The van der Waals surface area contributed by atoms with Crippen molar-refractivity contribution in [3.63, 3.8) is 0 Å². The molecule has 1 N–H and O–H groups in total. The maximum Gasteiger partial charge on any atom is 0.308 e. The normalized spacial score (nSPS) is 24.0. The van der Waals surface area contributed by atoms with Crippen molar-refractivity contribution in [1.82, 2.24) is 4.90 Å². The van der Waals surface area contributed by atoms with Crippen LogP contribution in [0.3, 0.4) is 0 Å². The van der Waals surface area contributed by atoms with Gasteiger partial charge < -0.3 is 5.11 Å². The van der Waals surface area contributed by atoms with Crippen LogP contribution in [0.1, 0.15) is 50.8 Å². The van der Waals surface area contributed by atoms with Gasteiger partial charge in [-0.15, -0.1) is 11.3 Å². The summed E-state index contributed by atoms with van der Waals surface area (Å²) in [5, 5.41) is 11.7. The van der Waals surface area contributed by atoms with Gasteiger partial charge in [0.25, 0.3) is 0 Å². The van der Waals surface area contributed by atoms with Gasteiger partial charge in [-0.1, -0.05) is 25.3 Å². The van der Waals surface area contributed by atoms with Crippen LogP contribution in [-0.2, 0) is 11.3 Å². The summed E-state index contributed by atoms with van der Waals surface area (Å²) in [6, 6.07) is 4.77. The van der Waals surface area contributed by atoms with Gasteiger partial charge in [-0.2, -0.15) is 0 Å². The number of carboxylic acid groups (broad SMARTS) is 1. The summed E-state index contributed by atoms with van der Waals surface area (Å²) in [6.45, 7) is 5.23. The fraction of sp³-hybridized carbons (Fsp3) is 0.688. The highest BCUT2D eigenvalue weighted by molar-refractivity contribution is 7.09. The lowest BCUT2D eigenvalue weighted by Crippen LogP contribution is -2.46. The Hall–Kier alpha value is -0.870. The van der Waals surface area contributed by atoms with Crippen molar-refractivity contribution in [1.29, 1.82) is 0 Å². The number of thiophene rings is 1. The van der Waals surface area contributed by atoms with E-state index in [9.17, 15) is 9.90 Å². The van der Waals surface area contributed by atoms with E-state index in [2.05, 4.69) is 36.3 Å². The van der Waals surface area contributed by atoms with Gasteiger partial charge in [0, 0.05) is 23.5 Å². The summed E-state index contributed by atoms with van der Waals surface area (Å²) in [4.78, 5) is 15.3. The van der Waals surface area contributed by atoms with E-state index < -0.39 is 5.97 Å². The van der Waals surface area contributed by atoms with Crippen LogP contribution in [0.5, 0.6) is 0 Å². The van der Waals surface area contributed by atoms with Gasteiger partial charge in [0.2, 0.25) is 0 Å². The highest BCUT2D eigenvalue weighted by Gasteiger charge is 2.34. The summed E-state index contributed by atoms with van der Waals surface area (Å²) in [5.74, 6) is -0.825. The third kappa shape index (κ3) is 3.83. The van der Waals surface area contributed by atoms with Gasteiger partial charge in [0.1, 0.15) is 0 Å². The van der Waals surface area contributed by atoms with Crippen molar-refractivity contribution in [3.05, 3.63) is 22.4 Å². The molecule has 2 atom stereocenters. The summed E-state index contributed by atoms with van der Waals surface area (Å²) < 4.78 is 0. The van der Waals surface area contributed by atoms with Crippen LogP contribution < -0.4 is 0 Å². The molecule has 1 aromatic rings. The summed E-state index contributed by atoms with van der Waals surface area (Å²) in [5.41, 5.74) is 0. The van der Waals surface area contributed by atoms with Crippen molar-refractivity contribution < 1.29 is 9.90 Å². The molecule has 0 radical (unpaired) electrons. The fourth-order valence-electron chi connectivity index (χ4n) is 3.24. The molecule has 0 spiro atoms. The maximum atomic E-state index is 11.6. The number of carbonyl (C=O) groups is 1. The van der Waals surface area contributed by atoms with E-state index in [0.29, 0.717) is 6.04 Å². The first-order valence-corrected chi connectivity index (χ1v) is 8.48. The first-order chi connectivity index (χ1) is 9.59. The lowest BCUT2D eigenvalue weighted by molar-refractivity contribution is -0.145. The van der Waals surface area contributed by atoms with Crippen LogP contribution in [0.4, 0.5) is 0 Å². The Balaban J connectivity index is 2.18.